The number of imidazole rings is 1. The molecule has 0 aliphatic heterocycles. The zero-order valence-electron chi connectivity index (χ0n) is 11.6. The third-order valence-electron chi connectivity index (χ3n) is 3.42. The average molecular weight is 307 g/mol. The van der Waals surface area contributed by atoms with Crippen LogP contribution in [0.2, 0.25) is 0 Å². The highest BCUT2D eigenvalue weighted by molar-refractivity contribution is 6.20. The number of aromatic nitrogens is 2. The van der Waals surface area contributed by atoms with Gasteiger partial charge in [-0.15, -0.1) is 11.6 Å². The predicted octanol–water partition coefficient (Wildman–Crippen LogP) is 4.91. The van der Waals surface area contributed by atoms with Crippen LogP contribution in [-0.4, -0.2) is 9.55 Å². The van der Waals surface area contributed by atoms with Gasteiger partial charge in [-0.3, -0.25) is 4.57 Å². The van der Waals surface area contributed by atoms with Gasteiger partial charge in [0, 0.05) is 0 Å². The molecule has 3 rings (SSSR count). The molecule has 0 amide bonds. The minimum atomic E-state index is -0.402. The van der Waals surface area contributed by atoms with Crippen LogP contribution in [0.3, 0.4) is 0 Å². The summed E-state index contributed by atoms with van der Waals surface area (Å²) in [5.74, 6) is -0.177. The summed E-state index contributed by atoms with van der Waals surface area (Å²) in [6, 6.07) is 9.22. The summed E-state index contributed by atoms with van der Waals surface area (Å²) in [6.45, 7) is 3.57. The van der Waals surface area contributed by atoms with E-state index in [-0.39, 0.29) is 11.3 Å². The normalized spacial score (nSPS) is 12.8. The van der Waals surface area contributed by atoms with E-state index in [0.717, 1.165) is 11.3 Å². The number of hydrogen-bond donors (Lipinski definition) is 0. The van der Waals surface area contributed by atoms with Crippen LogP contribution in [0, 0.1) is 18.6 Å². The maximum absolute atomic E-state index is 13.9. The van der Waals surface area contributed by atoms with Crippen LogP contribution in [0.5, 0.6) is 0 Å². The first kappa shape index (κ1) is 14.0. The van der Waals surface area contributed by atoms with Crippen LogP contribution in [0.4, 0.5) is 8.78 Å². The lowest BCUT2D eigenvalue weighted by Gasteiger charge is -2.13. The van der Waals surface area contributed by atoms with Gasteiger partial charge in [0.25, 0.3) is 0 Å². The molecule has 0 N–H and O–H groups in total. The van der Waals surface area contributed by atoms with Crippen LogP contribution >= 0.6 is 11.6 Å². The monoisotopic (exact) mass is 306 g/mol. The van der Waals surface area contributed by atoms with E-state index >= 15 is 0 Å². The summed E-state index contributed by atoms with van der Waals surface area (Å²) in [5.41, 5.74) is 2.36. The number of fused-ring (bicyclic) bond motifs is 1. The van der Waals surface area contributed by atoms with Gasteiger partial charge >= 0.3 is 0 Å². The molecule has 0 spiro atoms. The van der Waals surface area contributed by atoms with Crippen molar-refractivity contribution in [2.45, 2.75) is 19.2 Å². The van der Waals surface area contributed by atoms with E-state index in [0.29, 0.717) is 11.3 Å². The van der Waals surface area contributed by atoms with Gasteiger partial charge in [0.2, 0.25) is 0 Å². The molecule has 0 radical (unpaired) electrons. The van der Waals surface area contributed by atoms with Crippen molar-refractivity contribution in [2.24, 2.45) is 0 Å². The molecule has 21 heavy (non-hydrogen) atoms. The zero-order valence-corrected chi connectivity index (χ0v) is 12.3. The molecule has 1 atom stereocenters. The Morgan fingerprint density at radius 1 is 1.19 bits per heavy atom. The largest absolute Gasteiger partial charge is 0.295 e. The standard InChI is InChI=1S/C16H13ClF2N2/c1-9-8-11(18)6-7-13(9)21-14-5-3-4-12(19)15(14)20-16(21)10(2)17/h3-8,10H,1-2H3. The van der Waals surface area contributed by atoms with Gasteiger partial charge in [-0.1, -0.05) is 6.07 Å². The number of alkyl halides is 1. The number of para-hydroxylation sites is 1. The fourth-order valence-electron chi connectivity index (χ4n) is 2.47. The molecule has 1 unspecified atom stereocenters. The van der Waals surface area contributed by atoms with Crippen molar-refractivity contribution in [3.05, 3.63) is 59.4 Å². The van der Waals surface area contributed by atoms with Crippen molar-refractivity contribution in [2.75, 3.05) is 0 Å². The topological polar surface area (TPSA) is 17.8 Å². The second-order valence-electron chi connectivity index (χ2n) is 4.96. The minimum absolute atomic E-state index is 0.267. The summed E-state index contributed by atoms with van der Waals surface area (Å²) in [5, 5.41) is -0.402. The Hall–Kier alpha value is -1.94. The quantitative estimate of drug-likeness (QED) is 0.615. The summed E-state index contributed by atoms with van der Waals surface area (Å²) >= 11 is 6.19. The Labute approximate surface area is 126 Å². The molecule has 0 aliphatic carbocycles. The third kappa shape index (κ3) is 2.29. The van der Waals surface area contributed by atoms with E-state index in [1.165, 1.54) is 18.2 Å². The molecule has 5 heteroatoms. The molecule has 1 heterocycles. The summed E-state index contributed by atoms with van der Waals surface area (Å²) < 4.78 is 29.0. The van der Waals surface area contributed by atoms with Gasteiger partial charge in [-0.2, -0.15) is 0 Å². The Balaban J connectivity index is 2.39. The van der Waals surface area contributed by atoms with Crippen LogP contribution in [0.25, 0.3) is 16.7 Å². The SMILES string of the molecule is Cc1cc(F)ccc1-n1c(C(C)Cl)nc2c(F)cccc21. The fraction of sp³-hybridized carbons (Fsp3) is 0.188. The van der Waals surface area contributed by atoms with Crippen LogP contribution in [-0.2, 0) is 0 Å². The van der Waals surface area contributed by atoms with Gasteiger partial charge in [0.15, 0.2) is 5.82 Å². The molecule has 3 aromatic rings. The molecule has 0 fully saturated rings. The second kappa shape index (κ2) is 5.11. The number of nitrogens with zero attached hydrogens (tertiary/aromatic N) is 2. The molecule has 108 valence electrons. The first-order chi connectivity index (χ1) is 9.99. The minimum Gasteiger partial charge on any atom is -0.295 e. The van der Waals surface area contributed by atoms with Gasteiger partial charge in [-0.05, 0) is 49.7 Å². The Morgan fingerprint density at radius 3 is 2.62 bits per heavy atom. The smallest absolute Gasteiger partial charge is 0.151 e. The summed E-state index contributed by atoms with van der Waals surface area (Å²) in [4.78, 5) is 4.31. The van der Waals surface area contributed by atoms with E-state index in [1.54, 1.807) is 36.6 Å². The maximum atomic E-state index is 13.9. The molecule has 2 aromatic carbocycles. The van der Waals surface area contributed by atoms with Gasteiger partial charge in [0.05, 0.1) is 16.6 Å². The Bertz CT molecular complexity index is 825. The molecule has 0 aliphatic rings. The molecule has 0 bridgehead atoms. The first-order valence-electron chi connectivity index (χ1n) is 6.56. The lowest BCUT2D eigenvalue weighted by molar-refractivity contribution is 0.626. The van der Waals surface area contributed by atoms with Gasteiger partial charge in [-0.25, -0.2) is 13.8 Å². The molecular weight excluding hydrogens is 294 g/mol. The maximum Gasteiger partial charge on any atom is 0.151 e. The number of rotatable bonds is 2. The van der Waals surface area contributed by atoms with Crippen LogP contribution in [0.1, 0.15) is 23.7 Å². The van der Waals surface area contributed by atoms with Crippen molar-refractivity contribution in [1.29, 1.82) is 0 Å². The van der Waals surface area contributed by atoms with E-state index < -0.39 is 11.2 Å². The van der Waals surface area contributed by atoms with Crippen molar-refractivity contribution in [1.82, 2.24) is 9.55 Å². The van der Waals surface area contributed by atoms with Crippen molar-refractivity contribution < 1.29 is 8.78 Å². The molecular formula is C16H13ClF2N2. The van der Waals surface area contributed by atoms with Gasteiger partial charge < -0.3 is 0 Å². The number of benzene rings is 2. The lowest BCUT2D eigenvalue weighted by Crippen LogP contribution is -2.04. The molecule has 0 saturated carbocycles. The number of aryl methyl sites for hydroxylation is 1. The molecule has 0 saturated heterocycles. The molecule has 1 aromatic heterocycles. The lowest BCUT2D eigenvalue weighted by atomic mass is 10.2. The van der Waals surface area contributed by atoms with Crippen LogP contribution < -0.4 is 0 Å². The summed E-state index contributed by atoms with van der Waals surface area (Å²) in [7, 11) is 0. The van der Waals surface area contributed by atoms with Crippen LogP contribution in [0.15, 0.2) is 36.4 Å². The highest BCUT2D eigenvalue weighted by atomic mass is 35.5. The van der Waals surface area contributed by atoms with E-state index in [9.17, 15) is 8.78 Å². The molecule has 2 nitrogen and oxygen atoms in total. The zero-order chi connectivity index (χ0) is 15.1. The number of halogens is 3. The van der Waals surface area contributed by atoms with Gasteiger partial charge in [0.1, 0.15) is 17.2 Å². The third-order valence-corrected chi connectivity index (χ3v) is 3.61. The van der Waals surface area contributed by atoms with Crippen molar-refractivity contribution >= 4 is 22.6 Å². The van der Waals surface area contributed by atoms with E-state index in [4.69, 9.17) is 11.6 Å². The first-order valence-corrected chi connectivity index (χ1v) is 7.00. The highest BCUT2D eigenvalue weighted by Gasteiger charge is 2.19. The van der Waals surface area contributed by atoms with E-state index in [1.807, 2.05) is 0 Å². The second-order valence-corrected chi connectivity index (χ2v) is 5.61. The summed E-state index contributed by atoms with van der Waals surface area (Å²) in [6.07, 6.45) is 0. The van der Waals surface area contributed by atoms with Crippen molar-refractivity contribution in [3.63, 3.8) is 0 Å². The predicted molar refractivity (Wildman–Crippen MR) is 80.0 cm³/mol. The average Bonchev–Trinajstić information content (AvgIpc) is 2.80. The number of hydrogen-bond acceptors (Lipinski definition) is 1. The highest BCUT2D eigenvalue weighted by Crippen LogP contribution is 2.30. The Morgan fingerprint density at radius 2 is 1.95 bits per heavy atom. The Kier molecular flexibility index (Phi) is 3.41. The fourth-order valence-corrected chi connectivity index (χ4v) is 2.62. The van der Waals surface area contributed by atoms with E-state index in [2.05, 4.69) is 4.98 Å². The van der Waals surface area contributed by atoms with Crippen molar-refractivity contribution in [3.8, 4) is 5.69 Å².